The molecular formula is C17H19NO2S. The fourth-order valence-electron chi connectivity index (χ4n) is 2.96. The number of hydrogen-bond donors (Lipinski definition) is 2. The van der Waals surface area contributed by atoms with E-state index in [0.29, 0.717) is 4.90 Å². The lowest BCUT2D eigenvalue weighted by Crippen LogP contribution is -2.20. The Balaban J connectivity index is 2.10. The molecule has 0 amide bonds. The molecule has 3 rings (SSSR count). The molecule has 4 heteroatoms. The standard InChI is InChI=1S/C17H19NO2S/c1-21(20)17-9-13-7-8-18-11-15(14(13)10-16(17)19)12-5-3-2-4-6-12/h2-6,9-10,15,18-19H,7-8,11H2,1H3. The maximum atomic E-state index is 11.7. The summed E-state index contributed by atoms with van der Waals surface area (Å²) < 4.78 is 11.7. The van der Waals surface area contributed by atoms with Gasteiger partial charge in [-0.3, -0.25) is 0 Å². The van der Waals surface area contributed by atoms with E-state index >= 15 is 0 Å². The summed E-state index contributed by atoms with van der Waals surface area (Å²) in [6.07, 6.45) is 2.49. The number of phenolic OH excluding ortho intramolecular Hbond substituents is 1. The zero-order valence-electron chi connectivity index (χ0n) is 12.0. The van der Waals surface area contributed by atoms with Crippen LogP contribution in [-0.2, 0) is 17.6 Å². The first kappa shape index (κ1) is 14.4. The van der Waals surface area contributed by atoms with Gasteiger partial charge in [0.1, 0.15) is 6.26 Å². The molecule has 2 aromatic rings. The molecule has 2 unspecified atom stereocenters. The van der Waals surface area contributed by atoms with Gasteiger partial charge in [0.2, 0.25) is 0 Å². The number of phenols is 1. The van der Waals surface area contributed by atoms with Crippen molar-refractivity contribution in [2.45, 2.75) is 17.2 Å². The Kier molecular flexibility index (Phi) is 4.19. The molecule has 21 heavy (non-hydrogen) atoms. The van der Waals surface area contributed by atoms with Gasteiger partial charge < -0.3 is 15.0 Å². The first-order chi connectivity index (χ1) is 10.2. The number of rotatable bonds is 2. The molecule has 2 atom stereocenters. The van der Waals surface area contributed by atoms with Gasteiger partial charge >= 0.3 is 0 Å². The van der Waals surface area contributed by atoms with Crippen LogP contribution in [-0.4, -0.2) is 29.0 Å². The van der Waals surface area contributed by atoms with Gasteiger partial charge in [-0.05, 0) is 46.9 Å². The molecule has 1 aliphatic heterocycles. The second kappa shape index (κ2) is 6.10. The number of benzene rings is 2. The lowest BCUT2D eigenvalue weighted by Gasteiger charge is -2.19. The van der Waals surface area contributed by atoms with Crippen LogP contribution in [0.25, 0.3) is 0 Å². The number of hydrogen-bond acceptors (Lipinski definition) is 3. The molecule has 0 spiro atoms. The molecule has 2 aromatic carbocycles. The smallest absolute Gasteiger partial charge is 0.194 e. The van der Waals surface area contributed by atoms with E-state index in [9.17, 15) is 9.66 Å². The minimum absolute atomic E-state index is 0.136. The van der Waals surface area contributed by atoms with Crippen molar-refractivity contribution >= 4 is 11.2 Å². The Morgan fingerprint density at radius 2 is 2.00 bits per heavy atom. The third-order valence-electron chi connectivity index (χ3n) is 4.03. The quantitative estimate of drug-likeness (QED) is 0.838. The molecule has 0 saturated heterocycles. The maximum Gasteiger partial charge on any atom is 0.194 e. The number of fused-ring (bicyclic) bond motifs is 1. The highest BCUT2D eigenvalue weighted by atomic mass is 32.2. The molecule has 1 heterocycles. The van der Waals surface area contributed by atoms with Crippen LogP contribution in [0.1, 0.15) is 22.6 Å². The molecule has 0 fully saturated rings. The van der Waals surface area contributed by atoms with Crippen LogP contribution in [0.15, 0.2) is 47.4 Å². The van der Waals surface area contributed by atoms with Crippen LogP contribution in [0.4, 0.5) is 0 Å². The molecule has 3 nitrogen and oxygen atoms in total. The lowest BCUT2D eigenvalue weighted by atomic mass is 9.88. The topological polar surface area (TPSA) is 55.3 Å². The molecule has 0 aliphatic carbocycles. The van der Waals surface area contributed by atoms with E-state index in [-0.39, 0.29) is 11.7 Å². The first-order valence-electron chi connectivity index (χ1n) is 7.11. The van der Waals surface area contributed by atoms with Gasteiger partial charge in [0, 0.05) is 18.5 Å². The number of nitrogens with one attached hydrogen (secondary N) is 1. The summed E-state index contributed by atoms with van der Waals surface area (Å²) in [6.45, 7) is 1.75. The van der Waals surface area contributed by atoms with E-state index in [1.54, 1.807) is 12.3 Å². The molecular weight excluding hydrogens is 282 g/mol. The second-order valence-corrected chi connectivity index (χ2v) is 6.74. The van der Waals surface area contributed by atoms with E-state index < -0.39 is 11.2 Å². The zero-order valence-corrected chi connectivity index (χ0v) is 12.8. The Morgan fingerprint density at radius 3 is 2.71 bits per heavy atom. The predicted molar refractivity (Wildman–Crippen MR) is 85.3 cm³/mol. The fraction of sp³-hybridized carbons (Fsp3) is 0.294. The Bertz CT molecular complexity index is 628. The van der Waals surface area contributed by atoms with Crippen molar-refractivity contribution in [1.29, 1.82) is 0 Å². The van der Waals surface area contributed by atoms with Crippen molar-refractivity contribution in [3.63, 3.8) is 0 Å². The van der Waals surface area contributed by atoms with E-state index in [2.05, 4.69) is 17.4 Å². The summed E-state index contributed by atoms with van der Waals surface area (Å²) in [4.78, 5) is 0.530. The second-order valence-electron chi connectivity index (χ2n) is 5.39. The number of aromatic hydroxyl groups is 1. The normalized spacial score (nSPS) is 19.6. The monoisotopic (exact) mass is 301 g/mol. The van der Waals surface area contributed by atoms with Crippen LogP contribution in [0.2, 0.25) is 0 Å². The van der Waals surface area contributed by atoms with Crippen molar-refractivity contribution in [3.8, 4) is 5.75 Å². The van der Waals surface area contributed by atoms with Crippen molar-refractivity contribution in [1.82, 2.24) is 5.32 Å². The van der Waals surface area contributed by atoms with Crippen LogP contribution in [0, 0.1) is 0 Å². The maximum absolute atomic E-state index is 11.7. The Hall–Kier alpha value is -1.49. The Morgan fingerprint density at radius 1 is 1.24 bits per heavy atom. The SMILES string of the molecule is C[S+]([O-])c1cc2c(cc1O)C(c1ccccc1)CNCC2. The lowest BCUT2D eigenvalue weighted by molar-refractivity contribution is 0.457. The highest BCUT2D eigenvalue weighted by Gasteiger charge is 2.24. The minimum Gasteiger partial charge on any atom is -0.612 e. The third kappa shape index (κ3) is 2.93. The first-order valence-corrected chi connectivity index (χ1v) is 8.67. The summed E-state index contributed by atoms with van der Waals surface area (Å²) in [7, 11) is 0. The van der Waals surface area contributed by atoms with Crippen molar-refractivity contribution < 1.29 is 9.66 Å². The van der Waals surface area contributed by atoms with E-state index in [0.717, 1.165) is 25.1 Å². The van der Waals surface area contributed by atoms with Gasteiger partial charge in [0.25, 0.3) is 0 Å². The van der Waals surface area contributed by atoms with Crippen molar-refractivity contribution in [3.05, 3.63) is 59.2 Å². The molecule has 1 aliphatic rings. The zero-order chi connectivity index (χ0) is 14.8. The highest BCUT2D eigenvalue weighted by molar-refractivity contribution is 7.90. The minimum atomic E-state index is -1.17. The Labute approximate surface area is 128 Å². The summed E-state index contributed by atoms with van der Waals surface area (Å²) in [6, 6.07) is 14.0. The highest BCUT2D eigenvalue weighted by Crippen LogP contribution is 2.35. The molecule has 0 saturated carbocycles. The van der Waals surface area contributed by atoms with Crippen LogP contribution in [0.5, 0.6) is 5.75 Å². The average molecular weight is 301 g/mol. The van der Waals surface area contributed by atoms with E-state index in [1.165, 1.54) is 11.1 Å². The molecule has 2 N–H and O–H groups in total. The van der Waals surface area contributed by atoms with Crippen molar-refractivity contribution in [2.24, 2.45) is 0 Å². The van der Waals surface area contributed by atoms with Gasteiger partial charge in [-0.1, -0.05) is 30.3 Å². The summed E-state index contributed by atoms with van der Waals surface area (Å²) in [5.41, 5.74) is 3.55. The fourth-order valence-corrected chi connectivity index (χ4v) is 3.62. The van der Waals surface area contributed by atoms with E-state index in [4.69, 9.17) is 0 Å². The third-order valence-corrected chi connectivity index (χ3v) is 4.97. The molecule has 0 radical (unpaired) electrons. The van der Waals surface area contributed by atoms with Crippen LogP contribution in [0.3, 0.4) is 0 Å². The molecule has 0 aromatic heterocycles. The van der Waals surface area contributed by atoms with E-state index in [1.807, 2.05) is 24.3 Å². The summed E-state index contributed by atoms with van der Waals surface area (Å²) >= 11 is -1.17. The molecule has 110 valence electrons. The van der Waals surface area contributed by atoms with Gasteiger partial charge in [-0.25, -0.2) is 0 Å². The van der Waals surface area contributed by atoms with Gasteiger partial charge in [0.05, 0.1) is 0 Å². The average Bonchev–Trinajstić information content (AvgIpc) is 2.69. The largest absolute Gasteiger partial charge is 0.612 e. The van der Waals surface area contributed by atoms with Crippen molar-refractivity contribution in [2.75, 3.05) is 19.3 Å². The predicted octanol–water partition coefficient (Wildman–Crippen LogP) is 2.41. The van der Waals surface area contributed by atoms with Crippen LogP contribution >= 0.6 is 0 Å². The van der Waals surface area contributed by atoms with Gasteiger partial charge in [-0.2, -0.15) is 0 Å². The molecule has 0 bridgehead atoms. The van der Waals surface area contributed by atoms with Crippen LogP contribution < -0.4 is 5.32 Å². The summed E-state index contributed by atoms with van der Waals surface area (Å²) in [5, 5.41) is 13.6. The summed E-state index contributed by atoms with van der Waals surface area (Å²) in [5.74, 6) is 0.353. The van der Waals surface area contributed by atoms with Gasteiger partial charge in [-0.15, -0.1) is 0 Å². The van der Waals surface area contributed by atoms with Gasteiger partial charge in [0.15, 0.2) is 10.6 Å².